The molecule has 0 spiro atoms. The molecular formula is C11H20O. The van der Waals surface area contributed by atoms with Gasteiger partial charge in [0.1, 0.15) is 0 Å². The first-order chi connectivity index (χ1) is 5.58. The van der Waals surface area contributed by atoms with Crippen LogP contribution in [0.5, 0.6) is 0 Å². The van der Waals surface area contributed by atoms with Gasteiger partial charge in [-0.2, -0.15) is 0 Å². The molecule has 70 valence electrons. The van der Waals surface area contributed by atoms with Crippen LogP contribution in [0.15, 0.2) is 12.2 Å². The second kappa shape index (κ2) is 4.08. The second-order valence-corrected chi connectivity index (χ2v) is 4.63. The van der Waals surface area contributed by atoms with Gasteiger partial charge in [-0.3, -0.25) is 0 Å². The molecule has 0 N–H and O–H groups in total. The predicted octanol–water partition coefficient (Wildman–Crippen LogP) is 3.16. The number of hydrogen-bond acceptors (Lipinski definition) is 1. The highest BCUT2D eigenvalue weighted by atomic mass is 16.5. The molecule has 0 radical (unpaired) electrons. The molecule has 1 aliphatic rings. The second-order valence-electron chi connectivity index (χ2n) is 4.63. The molecule has 1 saturated heterocycles. The highest BCUT2D eigenvalue weighted by Gasteiger charge is 2.11. The molecular weight excluding hydrogens is 148 g/mol. The van der Waals surface area contributed by atoms with E-state index < -0.39 is 0 Å². The Hall–Kier alpha value is -0.300. The van der Waals surface area contributed by atoms with Gasteiger partial charge in [0, 0.05) is 6.61 Å². The first-order valence-electron chi connectivity index (χ1n) is 4.89. The van der Waals surface area contributed by atoms with Crippen LogP contribution in [0.1, 0.15) is 40.0 Å². The molecule has 0 saturated carbocycles. The van der Waals surface area contributed by atoms with Crippen molar-refractivity contribution in [3.63, 3.8) is 0 Å². The zero-order valence-corrected chi connectivity index (χ0v) is 8.47. The van der Waals surface area contributed by atoms with Crippen molar-refractivity contribution in [2.24, 2.45) is 5.41 Å². The summed E-state index contributed by atoms with van der Waals surface area (Å²) in [6, 6.07) is 0. The maximum absolute atomic E-state index is 5.59. The Bertz CT molecular complexity index is 147. The Labute approximate surface area is 75.8 Å². The average molecular weight is 168 g/mol. The van der Waals surface area contributed by atoms with Crippen LogP contribution in [0.3, 0.4) is 0 Å². The lowest BCUT2D eigenvalue weighted by Crippen LogP contribution is -2.17. The van der Waals surface area contributed by atoms with Crippen LogP contribution in [0, 0.1) is 5.41 Å². The largest absolute Gasteiger partial charge is 0.374 e. The summed E-state index contributed by atoms with van der Waals surface area (Å²) in [5, 5.41) is 0. The van der Waals surface area contributed by atoms with Crippen molar-refractivity contribution >= 4 is 0 Å². The maximum atomic E-state index is 5.59. The van der Waals surface area contributed by atoms with E-state index in [-0.39, 0.29) is 0 Å². The van der Waals surface area contributed by atoms with Crippen LogP contribution in [-0.4, -0.2) is 12.7 Å². The van der Waals surface area contributed by atoms with Crippen LogP contribution < -0.4 is 0 Å². The van der Waals surface area contributed by atoms with E-state index in [0.717, 1.165) is 6.61 Å². The first kappa shape index (κ1) is 9.79. The van der Waals surface area contributed by atoms with Gasteiger partial charge in [-0.1, -0.05) is 32.9 Å². The molecule has 1 nitrogen and oxygen atoms in total. The minimum absolute atomic E-state index is 0.292. The Morgan fingerprint density at radius 2 is 2.00 bits per heavy atom. The van der Waals surface area contributed by atoms with Gasteiger partial charge in [-0.15, -0.1) is 0 Å². The summed E-state index contributed by atoms with van der Waals surface area (Å²) in [6.07, 6.45) is 8.62. The van der Waals surface area contributed by atoms with Crippen LogP contribution in [0.25, 0.3) is 0 Å². The fourth-order valence-electron chi connectivity index (χ4n) is 1.31. The third-order valence-corrected chi connectivity index (χ3v) is 2.03. The van der Waals surface area contributed by atoms with Crippen LogP contribution >= 0.6 is 0 Å². The predicted molar refractivity (Wildman–Crippen MR) is 52.2 cm³/mol. The van der Waals surface area contributed by atoms with Crippen molar-refractivity contribution in [3.05, 3.63) is 12.2 Å². The molecule has 0 aromatic carbocycles. The van der Waals surface area contributed by atoms with Crippen molar-refractivity contribution < 1.29 is 4.74 Å². The van der Waals surface area contributed by atoms with Crippen molar-refractivity contribution in [3.8, 4) is 0 Å². The number of ether oxygens (including phenoxy) is 1. The van der Waals surface area contributed by atoms with E-state index in [1.165, 1.54) is 19.3 Å². The van der Waals surface area contributed by atoms with Gasteiger partial charge in [-0.05, 0) is 24.7 Å². The highest BCUT2D eigenvalue weighted by Crippen LogP contribution is 2.19. The van der Waals surface area contributed by atoms with Crippen molar-refractivity contribution in [1.29, 1.82) is 0 Å². The Morgan fingerprint density at radius 3 is 2.50 bits per heavy atom. The van der Waals surface area contributed by atoms with Crippen molar-refractivity contribution in [1.82, 2.24) is 0 Å². The third kappa shape index (κ3) is 3.91. The minimum atomic E-state index is 0.292. The summed E-state index contributed by atoms with van der Waals surface area (Å²) in [7, 11) is 0. The first-order valence-corrected chi connectivity index (χ1v) is 4.89. The molecule has 1 aliphatic heterocycles. The fourth-order valence-corrected chi connectivity index (χ4v) is 1.31. The summed E-state index contributed by atoms with van der Waals surface area (Å²) in [5.74, 6) is 0. The normalized spacial score (nSPS) is 26.4. The van der Waals surface area contributed by atoms with Gasteiger partial charge in [-0.25, -0.2) is 0 Å². The van der Waals surface area contributed by atoms with Gasteiger partial charge in [0.05, 0.1) is 6.10 Å². The molecule has 0 bridgehead atoms. The molecule has 0 amide bonds. The Morgan fingerprint density at radius 1 is 1.25 bits per heavy atom. The van der Waals surface area contributed by atoms with E-state index in [2.05, 4.69) is 32.9 Å². The lowest BCUT2D eigenvalue weighted by Gasteiger charge is -2.21. The SMILES string of the molecule is CC(C)(C)/C=C/C1CCCCO1. The number of allylic oxidation sites excluding steroid dienone is 1. The smallest absolute Gasteiger partial charge is 0.0756 e. The fraction of sp³-hybridized carbons (Fsp3) is 0.818. The molecule has 0 aromatic rings. The Balaban J connectivity index is 2.33. The quantitative estimate of drug-likeness (QED) is 0.546. The lowest BCUT2D eigenvalue weighted by atomic mass is 9.95. The minimum Gasteiger partial charge on any atom is -0.374 e. The summed E-state index contributed by atoms with van der Waals surface area (Å²) >= 11 is 0. The molecule has 12 heavy (non-hydrogen) atoms. The monoisotopic (exact) mass is 168 g/mol. The van der Waals surface area contributed by atoms with E-state index >= 15 is 0 Å². The number of hydrogen-bond donors (Lipinski definition) is 0. The maximum Gasteiger partial charge on any atom is 0.0756 e. The van der Waals surface area contributed by atoms with Gasteiger partial charge in [0.15, 0.2) is 0 Å². The summed E-state index contributed by atoms with van der Waals surface area (Å²) in [4.78, 5) is 0. The third-order valence-electron chi connectivity index (χ3n) is 2.03. The topological polar surface area (TPSA) is 9.23 Å². The molecule has 0 aromatic heterocycles. The standard InChI is InChI=1S/C11H20O/c1-11(2,3)8-7-10-6-4-5-9-12-10/h7-8,10H,4-6,9H2,1-3H3/b8-7+. The highest BCUT2D eigenvalue weighted by molar-refractivity contribution is 4.97. The summed E-state index contributed by atoms with van der Waals surface area (Å²) in [5.41, 5.74) is 0.292. The zero-order chi connectivity index (χ0) is 9.03. The van der Waals surface area contributed by atoms with E-state index in [4.69, 9.17) is 4.74 Å². The molecule has 1 heterocycles. The van der Waals surface area contributed by atoms with Crippen molar-refractivity contribution in [2.75, 3.05) is 6.61 Å². The molecule has 1 fully saturated rings. The van der Waals surface area contributed by atoms with Gasteiger partial charge in [0.2, 0.25) is 0 Å². The summed E-state index contributed by atoms with van der Waals surface area (Å²) < 4.78 is 5.59. The zero-order valence-electron chi connectivity index (χ0n) is 8.47. The van der Waals surface area contributed by atoms with Gasteiger partial charge in [0.25, 0.3) is 0 Å². The summed E-state index contributed by atoms with van der Waals surface area (Å²) in [6.45, 7) is 7.59. The lowest BCUT2D eigenvalue weighted by molar-refractivity contribution is 0.0461. The van der Waals surface area contributed by atoms with Gasteiger partial charge < -0.3 is 4.74 Å². The van der Waals surface area contributed by atoms with E-state index in [1.54, 1.807) is 0 Å². The van der Waals surface area contributed by atoms with Crippen LogP contribution in [0.2, 0.25) is 0 Å². The van der Waals surface area contributed by atoms with Crippen molar-refractivity contribution in [2.45, 2.75) is 46.1 Å². The van der Waals surface area contributed by atoms with E-state index in [0.29, 0.717) is 11.5 Å². The van der Waals surface area contributed by atoms with E-state index in [1.807, 2.05) is 0 Å². The Kier molecular flexibility index (Phi) is 3.33. The molecule has 1 atom stereocenters. The molecule has 1 unspecified atom stereocenters. The molecule has 1 rings (SSSR count). The van der Waals surface area contributed by atoms with Gasteiger partial charge >= 0.3 is 0 Å². The van der Waals surface area contributed by atoms with Crippen LogP contribution in [0.4, 0.5) is 0 Å². The van der Waals surface area contributed by atoms with Crippen LogP contribution in [-0.2, 0) is 4.74 Å². The average Bonchev–Trinajstić information content (AvgIpc) is 2.02. The molecule has 0 aliphatic carbocycles. The van der Waals surface area contributed by atoms with E-state index in [9.17, 15) is 0 Å². The number of rotatable bonds is 1. The molecule has 1 heteroatoms.